The van der Waals surface area contributed by atoms with Gasteiger partial charge in [0.25, 0.3) is 0 Å². The molecule has 0 aliphatic carbocycles. The Morgan fingerprint density at radius 2 is 1.88 bits per heavy atom. The minimum absolute atomic E-state index is 0.835. The molecule has 0 radical (unpaired) electrons. The van der Waals surface area contributed by atoms with Gasteiger partial charge in [0, 0.05) is 6.54 Å². The third-order valence-corrected chi connectivity index (χ3v) is 2.34. The van der Waals surface area contributed by atoms with Gasteiger partial charge in [-0.15, -0.1) is 0 Å². The van der Waals surface area contributed by atoms with Crippen molar-refractivity contribution in [3.05, 3.63) is 35.5 Å². The molecule has 0 saturated heterocycles. The topological polar surface area (TPSA) is 12.4 Å². The van der Waals surface area contributed by atoms with Crippen molar-refractivity contribution in [2.75, 3.05) is 6.54 Å². The molecule has 90 valence electrons. The van der Waals surface area contributed by atoms with E-state index in [2.05, 4.69) is 57.0 Å². The minimum atomic E-state index is 0.835. The average Bonchev–Trinajstić information content (AvgIpc) is 2.28. The van der Waals surface area contributed by atoms with Gasteiger partial charge in [-0.1, -0.05) is 37.6 Å². The molecule has 0 spiro atoms. The lowest BCUT2D eigenvalue weighted by molar-refractivity contribution is 1.09. The van der Waals surface area contributed by atoms with Gasteiger partial charge in [0.05, 0.1) is 5.71 Å². The number of aliphatic imine (C=N–C) groups is 1. The Morgan fingerprint density at radius 3 is 2.31 bits per heavy atom. The summed E-state index contributed by atoms with van der Waals surface area (Å²) in [7, 11) is 0. The smallest absolute Gasteiger partial charge is 0.0642 e. The normalized spacial score (nSPS) is 14.9. The fraction of sp³-hybridized carbons (Fsp3) is 0.533. The average molecular weight is 219 g/mol. The van der Waals surface area contributed by atoms with Crippen LogP contribution >= 0.6 is 0 Å². The molecule has 0 aliphatic rings. The van der Waals surface area contributed by atoms with Crippen molar-refractivity contribution in [2.45, 2.75) is 47.5 Å². The van der Waals surface area contributed by atoms with Crippen LogP contribution < -0.4 is 0 Å². The largest absolute Gasteiger partial charge is 0.285 e. The van der Waals surface area contributed by atoms with Crippen LogP contribution in [0, 0.1) is 0 Å². The molecule has 0 unspecified atom stereocenters. The summed E-state index contributed by atoms with van der Waals surface area (Å²) in [5, 5.41) is 0. The molecule has 0 atom stereocenters. The lowest BCUT2D eigenvalue weighted by Gasteiger charge is -2.05. The monoisotopic (exact) mass is 219 g/mol. The lowest BCUT2D eigenvalue weighted by Crippen LogP contribution is -1.99. The molecule has 0 heterocycles. The van der Waals surface area contributed by atoms with Crippen LogP contribution in [-0.4, -0.2) is 12.3 Å². The van der Waals surface area contributed by atoms with E-state index in [0.29, 0.717) is 0 Å². The highest BCUT2D eigenvalue weighted by atomic mass is 14.7. The van der Waals surface area contributed by atoms with Gasteiger partial charge in [0.2, 0.25) is 0 Å². The SMILES string of the molecule is C\C=C/C(=C\CC)C(/C=C(/C)CC)=N\CC. The molecule has 1 heteroatoms. The van der Waals surface area contributed by atoms with Crippen molar-refractivity contribution < 1.29 is 0 Å². The zero-order chi connectivity index (χ0) is 12.4. The van der Waals surface area contributed by atoms with Crippen LogP contribution in [0.5, 0.6) is 0 Å². The summed E-state index contributed by atoms with van der Waals surface area (Å²) in [5.74, 6) is 0. The Hall–Kier alpha value is -1.11. The number of allylic oxidation sites excluding steroid dienone is 6. The van der Waals surface area contributed by atoms with Gasteiger partial charge in [-0.3, -0.25) is 4.99 Å². The van der Waals surface area contributed by atoms with E-state index in [1.165, 1.54) is 11.1 Å². The molecule has 0 aliphatic heterocycles. The maximum Gasteiger partial charge on any atom is 0.0642 e. The zero-order valence-electron chi connectivity index (χ0n) is 11.4. The summed E-state index contributed by atoms with van der Waals surface area (Å²) in [6.07, 6.45) is 10.8. The summed E-state index contributed by atoms with van der Waals surface area (Å²) in [6, 6.07) is 0. The van der Waals surface area contributed by atoms with Gasteiger partial charge in [-0.05, 0) is 45.3 Å². The lowest BCUT2D eigenvalue weighted by atomic mass is 10.0. The first-order valence-corrected chi connectivity index (χ1v) is 6.24. The van der Waals surface area contributed by atoms with Crippen LogP contribution in [0.3, 0.4) is 0 Å². The first-order valence-electron chi connectivity index (χ1n) is 6.24. The molecule has 16 heavy (non-hydrogen) atoms. The molecule has 0 bridgehead atoms. The Morgan fingerprint density at radius 1 is 1.19 bits per heavy atom. The predicted molar refractivity (Wildman–Crippen MR) is 75.2 cm³/mol. The van der Waals surface area contributed by atoms with E-state index in [9.17, 15) is 0 Å². The molecule has 0 amide bonds. The maximum atomic E-state index is 4.57. The van der Waals surface area contributed by atoms with E-state index in [4.69, 9.17) is 0 Å². The second-order valence-corrected chi connectivity index (χ2v) is 3.77. The van der Waals surface area contributed by atoms with Crippen molar-refractivity contribution in [3.8, 4) is 0 Å². The van der Waals surface area contributed by atoms with E-state index in [1.807, 2.05) is 6.92 Å². The van der Waals surface area contributed by atoms with E-state index < -0.39 is 0 Å². The number of hydrogen-bond donors (Lipinski definition) is 0. The Balaban J connectivity index is 5.17. The molecule has 0 aromatic rings. The second-order valence-electron chi connectivity index (χ2n) is 3.77. The number of nitrogens with zero attached hydrogens (tertiary/aromatic N) is 1. The van der Waals surface area contributed by atoms with Crippen molar-refractivity contribution in [1.29, 1.82) is 0 Å². The maximum absolute atomic E-state index is 4.57. The van der Waals surface area contributed by atoms with E-state index in [-0.39, 0.29) is 0 Å². The fourth-order valence-electron chi connectivity index (χ4n) is 1.38. The zero-order valence-corrected chi connectivity index (χ0v) is 11.4. The molecular formula is C15H25N. The Bertz CT molecular complexity index is 303. The van der Waals surface area contributed by atoms with Crippen molar-refractivity contribution in [1.82, 2.24) is 0 Å². The van der Waals surface area contributed by atoms with Crippen LogP contribution in [-0.2, 0) is 0 Å². The van der Waals surface area contributed by atoms with Crippen LogP contribution in [0.15, 0.2) is 40.4 Å². The highest BCUT2D eigenvalue weighted by Crippen LogP contribution is 2.09. The highest BCUT2D eigenvalue weighted by molar-refractivity contribution is 6.10. The van der Waals surface area contributed by atoms with Gasteiger partial charge in [0.1, 0.15) is 0 Å². The first-order chi connectivity index (χ1) is 7.69. The van der Waals surface area contributed by atoms with Crippen molar-refractivity contribution in [2.24, 2.45) is 4.99 Å². The predicted octanol–water partition coefficient (Wildman–Crippen LogP) is 4.72. The number of rotatable bonds is 6. The summed E-state index contributed by atoms with van der Waals surface area (Å²) >= 11 is 0. The minimum Gasteiger partial charge on any atom is -0.285 e. The quantitative estimate of drug-likeness (QED) is 0.453. The Kier molecular flexibility index (Phi) is 8.51. The van der Waals surface area contributed by atoms with Crippen LogP contribution in [0.25, 0.3) is 0 Å². The van der Waals surface area contributed by atoms with Crippen LogP contribution in [0.2, 0.25) is 0 Å². The molecule has 0 N–H and O–H groups in total. The Labute approximate surface area is 101 Å². The molecular weight excluding hydrogens is 194 g/mol. The summed E-state index contributed by atoms with van der Waals surface area (Å²) in [5.41, 5.74) is 3.72. The van der Waals surface area contributed by atoms with Gasteiger partial charge >= 0.3 is 0 Å². The van der Waals surface area contributed by atoms with E-state index in [0.717, 1.165) is 25.1 Å². The molecule has 0 aromatic heterocycles. The molecule has 0 rings (SSSR count). The van der Waals surface area contributed by atoms with Crippen LogP contribution in [0.1, 0.15) is 47.5 Å². The molecule has 0 aromatic carbocycles. The van der Waals surface area contributed by atoms with Gasteiger partial charge in [-0.25, -0.2) is 0 Å². The van der Waals surface area contributed by atoms with Gasteiger partial charge in [0.15, 0.2) is 0 Å². The summed E-state index contributed by atoms with van der Waals surface area (Å²) < 4.78 is 0. The third-order valence-electron chi connectivity index (χ3n) is 2.34. The second kappa shape index (κ2) is 9.14. The van der Waals surface area contributed by atoms with Crippen molar-refractivity contribution in [3.63, 3.8) is 0 Å². The van der Waals surface area contributed by atoms with E-state index in [1.54, 1.807) is 0 Å². The molecule has 0 fully saturated rings. The highest BCUT2D eigenvalue weighted by Gasteiger charge is 2.00. The first kappa shape index (κ1) is 14.9. The van der Waals surface area contributed by atoms with E-state index >= 15 is 0 Å². The summed E-state index contributed by atoms with van der Waals surface area (Å²) in [6.45, 7) is 11.4. The van der Waals surface area contributed by atoms with Crippen molar-refractivity contribution >= 4 is 5.71 Å². The third kappa shape index (κ3) is 5.69. The number of hydrogen-bond acceptors (Lipinski definition) is 1. The standard InChI is InChI=1S/C15H25N/c1-6-10-14(11-7-2)15(16-9-4)12-13(5)8-3/h6,10-12H,7-9H2,1-5H3/b10-6-,13-12-,14-11+,16-15-. The van der Waals surface area contributed by atoms with Crippen LogP contribution in [0.4, 0.5) is 0 Å². The fourth-order valence-corrected chi connectivity index (χ4v) is 1.38. The van der Waals surface area contributed by atoms with Gasteiger partial charge in [-0.2, -0.15) is 0 Å². The molecule has 0 saturated carbocycles. The molecule has 1 nitrogen and oxygen atoms in total. The van der Waals surface area contributed by atoms with Gasteiger partial charge < -0.3 is 0 Å². The summed E-state index contributed by atoms with van der Waals surface area (Å²) in [4.78, 5) is 4.57.